The van der Waals surface area contributed by atoms with E-state index in [1.54, 1.807) is 29.2 Å². The van der Waals surface area contributed by atoms with E-state index in [4.69, 9.17) is 11.5 Å². The Morgan fingerprint density at radius 2 is 1.81 bits per heavy atom. The molecule has 1 aromatic carbocycles. The number of likely N-dealkylation sites (tertiary alicyclic amines) is 1. The molecular weight excluding hydrogens is 531 g/mol. The summed E-state index contributed by atoms with van der Waals surface area (Å²) in [6, 6.07) is 6.31. The van der Waals surface area contributed by atoms with Crippen molar-refractivity contribution < 1.29 is 23.6 Å². The SMILES string of the molecule is CC(C)[C@H](CC(=O)c1ccc(Br)cc1)C(=O)N1CCC[C@@H]1C(=O)C[C@@H](CCCN=C(N)N)C(=O)CF. The van der Waals surface area contributed by atoms with Crippen LogP contribution in [-0.4, -0.2) is 59.9 Å². The predicted molar refractivity (Wildman–Crippen MR) is 140 cm³/mol. The molecule has 1 saturated heterocycles. The molecule has 198 valence electrons. The third-order valence-corrected chi connectivity index (χ3v) is 7.17. The number of carbonyl (C=O) groups excluding carboxylic acids is 4. The van der Waals surface area contributed by atoms with Crippen molar-refractivity contribution in [3.05, 3.63) is 34.3 Å². The number of rotatable bonds is 14. The van der Waals surface area contributed by atoms with Crippen LogP contribution in [0.15, 0.2) is 33.7 Å². The molecule has 0 saturated carbocycles. The Morgan fingerprint density at radius 3 is 2.39 bits per heavy atom. The Balaban J connectivity index is 2.09. The molecule has 0 radical (unpaired) electrons. The summed E-state index contributed by atoms with van der Waals surface area (Å²) in [5.41, 5.74) is 11.1. The third-order valence-electron chi connectivity index (χ3n) is 6.64. The number of carbonyl (C=O) groups is 4. The maximum atomic E-state index is 13.5. The number of nitrogens with two attached hydrogens (primary N) is 2. The molecule has 0 aromatic heterocycles. The monoisotopic (exact) mass is 566 g/mol. The summed E-state index contributed by atoms with van der Waals surface area (Å²) in [6.45, 7) is 3.31. The lowest BCUT2D eigenvalue weighted by Crippen LogP contribution is -2.45. The smallest absolute Gasteiger partial charge is 0.227 e. The molecule has 1 amide bonds. The topological polar surface area (TPSA) is 136 Å². The van der Waals surface area contributed by atoms with Crippen LogP contribution in [0.5, 0.6) is 0 Å². The molecule has 4 N–H and O–H groups in total. The van der Waals surface area contributed by atoms with E-state index in [1.165, 1.54) is 0 Å². The lowest BCUT2D eigenvalue weighted by molar-refractivity contribution is -0.142. The van der Waals surface area contributed by atoms with Crippen LogP contribution in [0.4, 0.5) is 4.39 Å². The van der Waals surface area contributed by atoms with Crippen LogP contribution >= 0.6 is 15.9 Å². The molecule has 10 heteroatoms. The zero-order valence-electron chi connectivity index (χ0n) is 20.9. The molecule has 0 aliphatic carbocycles. The quantitative estimate of drug-likeness (QED) is 0.153. The molecule has 1 fully saturated rings. The van der Waals surface area contributed by atoms with Gasteiger partial charge in [-0.25, -0.2) is 4.39 Å². The summed E-state index contributed by atoms with van der Waals surface area (Å²) in [4.78, 5) is 57.1. The zero-order valence-corrected chi connectivity index (χ0v) is 22.5. The molecule has 8 nitrogen and oxygen atoms in total. The minimum atomic E-state index is -1.15. The minimum Gasteiger partial charge on any atom is -0.370 e. The molecule has 0 bridgehead atoms. The van der Waals surface area contributed by atoms with E-state index in [-0.39, 0.29) is 55.2 Å². The van der Waals surface area contributed by atoms with Crippen molar-refractivity contribution in [2.75, 3.05) is 19.8 Å². The first-order valence-electron chi connectivity index (χ1n) is 12.3. The molecule has 0 unspecified atom stereocenters. The van der Waals surface area contributed by atoms with Gasteiger partial charge in [-0.05, 0) is 43.7 Å². The highest BCUT2D eigenvalue weighted by atomic mass is 79.9. The van der Waals surface area contributed by atoms with Crippen molar-refractivity contribution in [2.24, 2.45) is 34.2 Å². The molecule has 1 aliphatic rings. The maximum Gasteiger partial charge on any atom is 0.227 e. The Kier molecular flexibility index (Phi) is 11.7. The van der Waals surface area contributed by atoms with E-state index in [2.05, 4.69) is 20.9 Å². The van der Waals surface area contributed by atoms with Crippen LogP contribution in [0.2, 0.25) is 0 Å². The fraction of sp³-hybridized carbons (Fsp3) is 0.577. The van der Waals surface area contributed by atoms with E-state index in [0.29, 0.717) is 31.4 Å². The maximum absolute atomic E-state index is 13.5. The predicted octanol–water partition coefficient (Wildman–Crippen LogP) is 3.45. The second-order valence-corrected chi connectivity index (χ2v) is 10.5. The number of benzene rings is 1. The average molecular weight is 568 g/mol. The highest BCUT2D eigenvalue weighted by Gasteiger charge is 2.39. The van der Waals surface area contributed by atoms with Crippen molar-refractivity contribution in [2.45, 2.75) is 58.4 Å². The average Bonchev–Trinajstić information content (AvgIpc) is 3.33. The first-order valence-corrected chi connectivity index (χ1v) is 13.1. The minimum absolute atomic E-state index is 0.0449. The van der Waals surface area contributed by atoms with Crippen molar-refractivity contribution in [3.8, 4) is 0 Å². The van der Waals surface area contributed by atoms with Crippen LogP contribution in [0.3, 0.4) is 0 Å². The molecule has 1 aromatic rings. The Bertz CT molecular complexity index is 963. The largest absolute Gasteiger partial charge is 0.370 e. The number of ketones is 3. The number of hydrogen-bond donors (Lipinski definition) is 2. The number of halogens is 2. The van der Waals surface area contributed by atoms with Crippen molar-refractivity contribution in [1.29, 1.82) is 0 Å². The summed E-state index contributed by atoms with van der Waals surface area (Å²) in [6.07, 6.45) is 1.76. The van der Waals surface area contributed by atoms with Crippen LogP contribution in [0.25, 0.3) is 0 Å². The normalized spacial score (nSPS) is 17.0. The molecule has 0 spiro atoms. The summed E-state index contributed by atoms with van der Waals surface area (Å²) in [5.74, 6) is -2.78. The van der Waals surface area contributed by atoms with Crippen molar-refractivity contribution in [3.63, 3.8) is 0 Å². The van der Waals surface area contributed by atoms with Gasteiger partial charge in [-0.2, -0.15) is 0 Å². The molecule has 1 aliphatic heterocycles. The highest BCUT2D eigenvalue weighted by Crippen LogP contribution is 2.29. The number of hydrogen-bond acceptors (Lipinski definition) is 5. The Morgan fingerprint density at radius 1 is 1.14 bits per heavy atom. The van der Waals surface area contributed by atoms with Crippen LogP contribution < -0.4 is 11.5 Å². The molecule has 36 heavy (non-hydrogen) atoms. The standard InChI is InChI=1S/C26H36BrFN4O4/c1-16(2)20(14-22(33)17-7-9-19(27)10-8-17)25(36)32-12-4-6-21(32)23(34)13-18(24(35)15-28)5-3-11-31-26(29)30/h7-10,16,18,20-21H,3-6,11-15H2,1-2H3,(H4,29,30,31)/t18-,20+,21-/m1/s1. The zero-order chi connectivity index (χ0) is 26.8. The van der Waals surface area contributed by atoms with E-state index in [1.807, 2.05) is 13.8 Å². The van der Waals surface area contributed by atoms with Crippen LogP contribution in [0.1, 0.15) is 62.7 Å². The van der Waals surface area contributed by atoms with Gasteiger partial charge >= 0.3 is 0 Å². The Labute approximate surface area is 220 Å². The van der Waals surface area contributed by atoms with E-state index in [9.17, 15) is 23.6 Å². The third kappa shape index (κ3) is 8.50. The number of alkyl halides is 1. The number of guanidine groups is 1. The number of Topliss-reactive ketones (excluding diaryl/α,β-unsaturated/α-hetero) is 3. The lowest BCUT2D eigenvalue weighted by Gasteiger charge is -2.30. The Hall–Kier alpha value is -2.62. The van der Waals surface area contributed by atoms with Gasteiger partial charge in [0.1, 0.15) is 6.67 Å². The lowest BCUT2D eigenvalue weighted by atomic mass is 9.86. The van der Waals surface area contributed by atoms with Gasteiger partial charge in [0.2, 0.25) is 5.91 Å². The fourth-order valence-corrected chi connectivity index (χ4v) is 4.81. The first kappa shape index (κ1) is 29.6. The van der Waals surface area contributed by atoms with E-state index < -0.39 is 30.3 Å². The molecular formula is C26H36BrFN4O4. The van der Waals surface area contributed by atoms with Crippen molar-refractivity contribution >= 4 is 45.1 Å². The first-order chi connectivity index (χ1) is 17.0. The van der Waals surface area contributed by atoms with Gasteiger partial charge in [-0.15, -0.1) is 0 Å². The van der Waals surface area contributed by atoms with Gasteiger partial charge in [0.15, 0.2) is 23.3 Å². The van der Waals surface area contributed by atoms with Crippen molar-refractivity contribution in [1.82, 2.24) is 4.90 Å². The van der Waals surface area contributed by atoms with Gasteiger partial charge in [0, 0.05) is 47.8 Å². The number of nitrogens with zero attached hydrogens (tertiary/aromatic N) is 2. The summed E-state index contributed by atoms with van der Waals surface area (Å²) in [7, 11) is 0. The molecule has 2 rings (SSSR count). The van der Waals surface area contributed by atoms with Gasteiger partial charge < -0.3 is 16.4 Å². The van der Waals surface area contributed by atoms with Gasteiger partial charge in [0.05, 0.1) is 6.04 Å². The van der Waals surface area contributed by atoms with Gasteiger partial charge in [-0.1, -0.05) is 41.9 Å². The van der Waals surface area contributed by atoms with Gasteiger partial charge in [0.25, 0.3) is 0 Å². The second kappa shape index (κ2) is 14.2. The fourth-order valence-electron chi connectivity index (χ4n) is 4.55. The summed E-state index contributed by atoms with van der Waals surface area (Å²) < 4.78 is 14.0. The highest BCUT2D eigenvalue weighted by molar-refractivity contribution is 9.10. The van der Waals surface area contributed by atoms with Crippen LogP contribution in [-0.2, 0) is 14.4 Å². The van der Waals surface area contributed by atoms with E-state index in [0.717, 1.165) is 4.47 Å². The van der Waals surface area contributed by atoms with Crippen LogP contribution in [0, 0.1) is 17.8 Å². The molecule has 1 heterocycles. The number of aliphatic imine (C=N–C) groups is 1. The number of amides is 1. The summed E-state index contributed by atoms with van der Waals surface area (Å²) >= 11 is 3.35. The molecule has 3 atom stereocenters. The summed E-state index contributed by atoms with van der Waals surface area (Å²) in [5, 5.41) is 0. The van der Waals surface area contributed by atoms with Gasteiger partial charge in [-0.3, -0.25) is 24.2 Å². The van der Waals surface area contributed by atoms with E-state index >= 15 is 0 Å². The second-order valence-electron chi connectivity index (χ2n) is 9.59.